The summed E-state index contributed by atoms with van der Waals surface area (Å²) in [5, 5.41) is 16.2. The van der Waals surface area contributed by atoms with Crippen LogP contribution in [0.15, 0.2) is 24.3 Å². The largest absolute Gasteiger partial charge is 0.491 e. The molecule has 0 aliphatic carbocycles. The molecular formula is C21H21F3N4O5. The summed E-state index contributed by atoms with van der Waals surface area (Å²) in [6.07, 6.45) is -4.18. The van der Waals surface area contributed by atoms with Gasteiger partial charge in [0.25, 0.3) is 5.91 Å². The van der Waals surface area contributed by atoms with Gasteiger partial charge in [-0.15, -0.1) is 0 Å². The van der Waals surface area contributed by atoms with E-state index in [0.717, 1.165) is 5.56 Å². The van der Waals surface area contributed by atoms with Crippen LogP contribution in [-0.4, -0.2) is 67.0 Å². The van der Waals surface area contributed by atoms with Crippen molar-refractivity contribution in [3.8, 4) is 17.7 Å². The molecule has 1 aromatic carbocycles. The van der Waals surface area contributed by atoms with Gasteiger partial charge >= 0.3 is 6.18 Å². The number of hydrogen-bond acceptors (Lipinski definition) is 7. The number of amides is 1. The van der Waals surface area contributed by atoms with Crippen LogP contribution in [0, 0.1) is 11.3 Å². The second-order valence-electron chi connectivity index (χ2n) is 7.65. The second kappa shape index (κ2) is 9.68. The molecule has 33 heavy (non-hydrogen) atoms. The molecule has 0 saturated carbocycles. The Labute approximate surface area is 187 Å². The maximum absolute atomic E-state index is 12.6. The van der Waals surface area contributed by atoms with Gasteiger partial charge in [-0.1, -0.05) is 0 Å². The molecule has 0 saturated heterocycles. The lowest BCUT2D eigenvalue weighted by atomic mass is 10.0. The third-order valence-electron chi connectivity index (χ3n) is 5.01. The molecule has 12 heteroatoms. The van der Waals surface area contributed by atoms with Gasteiger partial charge < -0.3 is 24.3 Å². The summed E-state index contributed by atoms with van der Waals surface area (Å²) in [7, 11) is 0. The number of hydrogen-bond donors (Lipinski definition) is 1. The van der Waals surface area contributed by atoms with Gasteiger partial charge in [0.05, 0.1) is 44.0 Å². The van der Waals surface area contributed by atoms with Crippen LogP contribution in [0.1, 0.15) is 21.6 Å². The zero-order valence-corrected chi connectivity index (χ0v) is 17.4. The van der Waals surface area contributed by atoms with E-state index >= 15 is 0 Å². The minimum Gasteiger partial charge on any atom is -0.491 e. The van der Waals surface area contributed by atoms with Gasteiger partial charge in [-0.2, -0.15) is 23.5 Å². The van der Waals surface area contributed by atoms with Gasteiger partial charge in [-0.25, -0.2) is 4.68 Å². The summed E-state index contributed by atoms with van der Waals surface area (Å²) >= 11 is 0. The number of fused-ring (bicyclic) bond motifs is 2. The predicted molar refractivity (Wildman–Crippen MR) is 106 cm³/mol. The summed E-state index contributed by atoms with van der Waals surface area (Å²) in [6.45, 7) is -0.660. The number of ether oxygens (including phenoxy) is 4. The Morgan fingerprint density at radius 1 is 1.30 bits per heavy atom. The molecule has 2 atom stereocenters. The number of benzene rings is 1. The van der Waals surface area contributed by atoms with Crippen molar-refractivity contribution in [1.82, 2.24) is 15.1 Å². The van der Waals surface area contributed by atoms with Crippen molar-refractivity contribution in [3.63, 3.8) is 0 Å². The Morgan fingerprint density at radius 2 is 2.12 bits per heavy atom. The van der Waals surface area contributed by atoms with E-state index in [1.165, 1.54) is 10.7 Å². The summed E-state index contributed by atoms with van der Waals surface area (Å²) in [4.78, 5) is 12.6. The normalized spacial score (nSPS) is 19.1. The molecular weight excluding hydrogens is 445 g/mol. The molecule has 1 amide bonds. The number of nitrogens with one attached hydrogen (secondary N) is 1. The first kappa shape index (κ1) is 22.9. The van der Waals surface area contributed by atoms with Crippen molar-refractivity contribution >= 4 is 5.91 Å². The highest BCUT2D eigenvalue weighted by Crippen LogP contribution is 2.26. The maximum atomic E-state index is 12.6. The molecule has 176 valence electrons. The van der Waals surface area contributed by atoms with E-state index in [2.05, 4.69) is 21.2 Å². The molecule has 3 heterocycles. The third-order valence-corrected chi connectivity index (χ3v) is 5.01. The molecule has 0 radical (unpaired) electrons. The second-order valence-corrected chi connectivity index (χ2v) is 7.65. The summed E-state index contributed by atoms with van der Waals surface area (Å²) in [5.41, 5.74) is 1.58. The van der Waals surface area contributed by atoms with Crippen molar-refractivity contribution < 1.29 is 36.9 Å². The van der Waals surface area contributed by atoms with Crippen LogP contribution in [0.25, 0.3) is 0 Å². The smallest absolute Gasteiger partial charge is 0.411 e. The average Bonchev–Trinajstić information content (AvgIpc) is 3.34. The van der Waals surface area contributed by atoms with Crippen molar-refractivity contribution in [2.75, 3.05) is 33.0 Å². The number of nitrogens with zero attached hydrogens (tertiary/aromatic N) is 3. The topological polar surface area (TPSA) is 108 Å². The number of aromatic nitrogens is 2. The Morgan fingerprint density at radius 3 is 2.88 bits per heavy atom. The summed E-state index contributed by atoms with van der Waals surface area (Å²) in [5.74, 6) is 0.739. The number of alkyl halides is 3. The zero-order valence-electron chi connectivity index (χ0n) is 17.4. The van der Waals surface area contributed by atoms with E-state index in [1.54, 1.807) is 18.2 Å². The molecule has 0 fully saturated rings. The van der Waals surface area contributed by atoms with Crippen molar-refractivity contribution in [1.29, 1.82) is 5.26 Å². The Bertz CT molecular complexity index is 1030. The van der Waals surface area contributed by atoms with E-state index < -0.39 is 12.8 Å². The van der Waals surface area contributed by atoms with Gasteiger partial charge in [-0.3, -0.25) is 4.79 Å². The molecule has 0 bridgehead atoms. The Hall–Kier alpha value is -3.30. The van der Waals surface area contributed by atoms with Crippen molar-refractivity contribution in [2.24, 2.45) is 0 Å². The van der Waals surface area contributed by atoms with Crippen LogP contribution in [-0.2, 0) is 22.4 Å². The van der Waals surface area contributed by atoms with Crippen LogP contribution in [0.2, 0.25) is 0 Å². The van der Waals surface area contributed by atoms with Gasteiger partial charge in [0.2, 0.25) is 5.88 Å². The molecule has 4 rings (SSSR count). The number of nitriles is 1. The van der Waals surface area contributed by atoms with E-state index in [-0.39, 0.29) is 43.6 Å². The Kier molecular flexibility index (Phi) is 6.71. The van der Waals surface area contributed by atoms with Gasteiger partial charge in [0.15, 0.2) is 5.69 Å². The molecule has 1 unspecified atom stereocenters. The number of rotatable bonds is 8. The first-order valence-electron chi connectivity index (χ1n) is 10.2. The zero-order chi connectivity index (χ0) is 23.4. The van der Waals surface area contributed by atoms with Crippen LogP contribution < -0.4 is 14.8 Å². The van der Waals surface area contributed by atoms with E-state index in [4.69, 9.17) is 19.5 Å². The van der Waals surface area contributed by atoms with E-state index in [0.29, 0.717) is 36.8 Å². The molecule has 0 spiro atoms. The Balaban J connectivity index is 1.21. The standard InChI is InChI=1S/C21H21F3N4O5/c22-21(23,24)12-31-4-3-30-11-16-9-28-19(33-16)7-17(27-28)20(29)26-15-6-14-5-13(8-25)1-2-18(14)32-10-15/h1-2,5,7,15-16H,3-4,6,9-12H2,(H,26,29)/t15-,16?/m1/s1. The van der Waals surface area contributed by atoms with Gasteiger partial charge in [0.1, 0.15) is 25.1 Å². The first-order chi connectivity index (χ1) is 15.8. The lowest BCUT2D eigenvalue weighted by molar-refractivity contribution is -0.176. The molecule has 2 aromatic rings. The molecule has 9 nitrogen and oxygen atoms in total. The maximum Gasteiger partial charge on any atom is 0.411 e. The highest BCUT2D eigenvalue weighted by Gasteiger charge is 2.29. The highest BCUT2D eigenvalue weighted by atomic mass is 19.4. The third kappa shape index (κ3) is 5.94. The number of halogens is 3. The van der Waals surface area contributed by atoms with Gasteiger partial charge in [0, 0.05) is 6.07 Å². The van der Waals surface area contributed by atoms with Crippen LogP contribution in [0.4, 0.5) is 13.2 Å². The molecule has 1 N–H and O–H groups in total. The predicted octanol–water partition coefficient (Wildman–Crippen LogP) is 1.84. The molecule has 2 aliphatic rings. The molecule has 2 aliphatic heterocycles. The van der Waals surface area contributed by atoms with Crippen LogP contribution in [0.5, 0.6) is 11.6 Å². The monoisotopic (exact) mass is 466 g/mol. The minimum absolute atomic E-state index is 0.00829. The fourth-order valence-electron chi connectivity index (χ4n) is 3.56. The number of carbonyl (C=O) groups excluding carboxylic acids is 1. The summed E-state index contributed by atoms with van der Waals surface area (Å²) < 4.78 is 58.6. The van der Waals surface area contributed by atoms with E-state index in [9.17, 15) is 18.0 Å². The number of carbonyl (C=O) groups is 1. The van der Waals surface area contributed by atoms with E-state index in [1.807, 2.05) is 0 Å². The highest BCUT2D eigenvalue weighted by molar-refractivity contribution is 5.92. The average molecular weight is 466 g/mol. The SMILES string of the molecule is N#Cc1ccc2c(c1)C[C@@H](NC(=O)c1cc3n(n1)CC(COCCOCC(F)(F)F)O3)CO2. The lowest BCUT2D eigenvalue weighted by Gasteiger charge is -2.26. The van der Waals surface area contributed by atoms with Crippen LogP contribution in [0.3, 0.4) is 0 Å². The van der Waals surface area contributed by atoms with Crippen LogP contribution >= 0.6 is 0 Å². The fraction of sp³-hybridized carbons (Fsp3) is 0.476. The van der Waals surface area contributed by atoms with Crippen molar-refractivity contribution in [3.05, 3.63) is 41.1 Å². The molecule has 1 aromatic heterocycles. The lowest BCUT2D eigenvalue weighted by Crippen LogP contribution is -2.43. The first-order valence-corrected chi connectivity index (χ1v) is 10.2. The quantitative estimate of drug-likeness (QED) is 0.592. The summed E-state index contributed by atoms with van der Waals surface area (Å²) in [6, 6.07) is 8.52. The van der Waals surface area contributed by atoms with Gasteiger partial charge in [-0.05, 0) is 30.2 Å². The minimum atomic E-state index is -4.36. The van der Waals surface area contributed by atoms with Crippen molar-refractivity contribution in [2.45, 2.75) is 31.3 Å². The fourth-order valence-corrected chi connectivity index (χ4v) is 3.56.